The first-order chi connectivity index (χ1) is 13.5. The minimum absolute atomic E-state index is 0.239. The minimum atomic E-state index is 0.239. The van der Waals surface area contributed by atoms with E-state index in [0.29, 0.717) is 5.95 Å². The first kappa shape index (κ1) is 18.4. The maximum atomic E-state index is 4.85. The molecule has 146 valence electrons. The maximum absolute atomic E-state index is 4.85. The second-order valence-corrected chi connectivity index (χ2v) is 7.45. The fourth-order valence-electron chi connectivity index (χ4n) is 3.49. The zero-order valence-electron chi connectivity index (χ0n) is 16.8. The van der Waals surface area contributed by atoms with Crippen LogP contribution in [0, 0.1) is 0 Å². The summed E-state index contributed by atoms with van der Waals surface area (Å²) in [5, 5.41) is 7.85. The smallest absolute Gasteiger partial charge is 0.227 e. The average Bonchev–Trinajstić information content (AvgIpc) is 3.21. The molecule has 0 aliphatic carbocycles. The van der Waals surface area contributed by atoms with Gasteiger partial charge in [-0.25, -0.2) is 15.0 Å². The molecule has 4 rings (SSSR count). The van der Waals surface area contributed by atoms with E-state index in [1.807, 2.05) is 62.5 Å². The number of pyridine rings is 2. The molecule has 0 bridgehead atoms. The largest absolute Gasteiger partial charge is 0.376 e. The van der Waals surface area contributed by atoms with Crippen LogP contribution in [0.15, 0.2) is 30.7 Å². The molecular formula is C20H26N8. The van der Waals surface area contributed by atoms with Crippen molar-refractivity contribution in [1.29, 1.82) is 0 Å². The number of aromatic nitrogens is 4. The molecule has 0 spiro atoms. The molecule has 1 unspecified atom stereocenters. The van der Waals surface area contributed by atoms with Crippen LogP contribution < -0.4 is 20.4 Å². The molecule has 8 heteroatoms. The van der Waals surface area contributed by atoms with Gasteiger partial charge in [-0.3, -0.25) is 4.98 Å². The van der Waals surface area contributed by atoms with Gasteiger partial charge in [0.1, 0.15) is 11.3 Å². The normalized spacial score (nSPS) is 16.4. The van der Waals surface area contributed by atoms with E-state index in [1.165, 1.54) is 0 Å². The molecule has 3 aromatic heterocycles. The van der Waals surface area contributed by atoms with Gasteiger partial charge in [0.15, 0.2) is 0 Å². The van der Waals surface area contributed by atoms with E-state index in [9.17, 15) is 0 Å². The molecule has 28 heavy (non-hydrogen) atoms. The van der Waals surface area contributed by atoms with Crippen molar-refractivity contribution < 1.29 is 0 Å². The lowest BCUT2D eigenvalue weighted by Gasteiger charge is -2.19. The predicted octanol–water partition coefficient (Wildman–Crippen LogP) is 2.72. The summed E-state index contributed by atoms with van der Waals surface area (Å²) in [6.45, 7) is 1.02. The molecule has 1 aliphatic heterocycles. The summed E-state index contributed by atoms with van der Waals surface area (Å²) in [6, 6.07) is 4.12. The maximum Gasteiger partial charge on any atom is 0.227 e. The van der Waals surface area contributed by atoms with E-state index in [-0.39, 0.29) is 6.04 Å². The summed E-state index contributed by atoms with van der Waals surface area (Å²) in [6.07, 6.45) is 7.81. The molecule has 1 saturated heterocycles. The summed E-state index contributed by atoms with van der Waals surface area (Å²) in [5.41, 5.74) is 3.80. The Kier molecular flexibility index (Phi) is 4.95. The van der Waals surface area contributed by atoms with Gasteiger partial charge in [-0.05, 0) is 25.5 Å². The SMILES string of the molecule is CN(C)c1cc(Nc2ncc3c(N(C)C)cnc(C4CCCN4)c3n2)ccn1. The van der Waals surface area contributed by atoms with Crippen LogP contribution in [0.2, 0.25) is 0 Å². The molecule has 0 aromatic carbocycles. The average molecular weight is 378 g/mol. The van der Waals surface area contributed by atoms with E-state index >= 15 is 0 Å². The second kappa shape index (κ2) is 7.55. The monoisotopic (exact) mass is 378 g/mol. The third-order valence-electron chi connectivity index (χ3n) is 4.97. The topological polar surface area (TPSA) is 82.1 Å². The van der Waals surface area contributed by atoms with Crippen molar-refractivity contribution in [3.05, 3.63) is 36.4 Å². The van der Waals surface area contributed by atoms with Gasteiger partial charge in [0.2, 0.25) is 5.95 Å². The van der Waals surface area contributed by atoms with Crippen molar-refractivity contribution in [2.45, 2.75) is 18.9 Å². The van der Waals surface area contributed by atoms with Crippen molar-refractivity contribution in [3.8, 4) is 0 Å². The van der Waals surface area contributed by atoms with Crippen LogP contribution in [0.1, 0.15) is 24.6 Å². The number of hydrogen-bond acceptors (Lipinski definition) is 8. The molecule has 4 heterocycles. The van der Waals surface area contributed by atoms with Gasteiger partial charge >= 0.3 is 0 Å². The summed E-state index contributed by atoms with van der Waals surface area (Å²) in [5.74, 6) is 1.43. The molecule has 0 saturated carbocycles. The Morgan fingerprint density at radius 3 is 2.64 bits per heavy atom. The zero-order chi connectivity index (χ0) is 19.7. The van der Waals surface area contributed by atoms with Crippen LogP contribution in [-0.2, 0) is 0 Å². The lowest BCUT2D eigenvalue weighted by atomic mass is 10.1. The summed E-state index contributed by atoms with van der Waals surface area (Å²) in [4.78, 5) is 22.5. The Hall–Kier alpha value is -3.00. The first-order valence-electron chi connectivity index (χ1n) is 9.49. The van der Waals surface area contributed by atoms with Gasteiger partial charge in [0.25, 0.3) is 0 Å². The molecular weight excluding hydrogens is 352 g/mol. The Morgan fingerprint density at radius 2 is 1.93 bits per heavy atom. The van der Waals surface area contributed by atoms with Gasteiger partial charge in [0, 0.05) is 57.7 Å². The molecule has 1 atom stereocenters. The Bertz CT molecular complexity index is 979. The lowest BCUT2D eigenvalue weighted by molar-refractivity contribution is 0.632. The van der Waals surface area contributed by atoms with Gasteiger partial charge in [-0.2, -0.15) is 0 Å². The standard InChI is InChI=1S/C20H26N8/c1-27(2)16-12-23-19(15-6-5-8-21-15)18-14(16)11-24-20(26-18)25-13-7-9-22-17(10-13)28(3)4/h7,9-12,15,21H,5-6,8H2,1-4H3,(H,22,24,25,26). The predicted molar refractivity (Wildman–Crippen MR) is 113 cm³/mol. The molecule has 2 N–H and O–H groups in total. The van der Waals surface area contributed by atoms with E-state index < -0.39 is 0 Å². The van der Waals surface area contributed by atoms with E-state index in [0.717, 1.165) is 53.2 Å². The fraction of sp³-hybridized carbons (Fsp3) is 0.400. The molecule has 3 aromatic rings. The molecule has 0 radical (unpaired) electrons. The van der Waals surface area contributed by atoms with E-state index in [4.69, 9.17) is 9.97 Å². The van der Waals surface area contributed by atoms with Crippen LogP contribution in [0.3, 0.4) is 0 Å². The Balaban J connectivity index is 1.76. The number of nitrogens with one attached hydrogen (secondary N) is 2. The summed E-state index contributed by atoms with van der Waals surface area (Å²) >= 11 is 0. The summed E-state index contributed by atoms with van der Waals surface area (Å²) in [7, 11) is 7.95. The number of rotatable bonds is 5. The third kappa shape index (κ3) is 3.55. The van der Waals surface area contributed by atoms with Crippen LogP contribution in [-0.4, -0.2) is 54.7 Å². The number of hydrogen-bond donors (Lipinski definition) is 2. The highest BCUT2D eigenvalue weighted by Crippen LogP contribution is 2.32. The van der Waals surface area contributed by atoms with Crippen LogP contribution in [0.4, 0.5) is 23.1 Å². The second-order valence-electron chi connectivity index (χ2n) is 7.45. The molecule has 1 fully saturated rings. The van der Waals surface area contributed by atoms with E-state index in [1.54, 1.807) is 6.20 Å². The minimum Gasteiger partial charge on any atom is -0.376 e. The van der Waals surface area contributed by atoms with Gasteiger partial charge in [-0.15, -0.1) is 0 Å². The summed E-state index contributed by atoms with van der Waals surface area (Å²) < 4.78 is 0. The molecule has 8 nitrogen and oxygen atoms in total. The van der Waals surface area contributed by atoms with Crippen molar-refractivity contribution in [2.75, 3.05) is 49.9 Å². The Morgan fingerprint density at radius 1 is 1.07 bits per heavy atom. The fourth-order valence-corrected chi connectivity index (χ4v) is 3.49. The first-order valence-corrected chi connectivity index (χ1v) is 9.49. The van der Waals surface area contributed by atoms with Crippen molar-refractivity contribution in [2.24, 2.45) is 0 Å². The van der Waals surface area contributed by atoms with Crippen molar-refractivity contribution in [3.63, 3.8) is 0 Å². The number of fused-ring (bicyclic) bond motifs is 1. The highest BCUT2D eigenvalue weighted by molar-refractivity contribution is 5.93. The molecule has 0 amide bonds. The third-order valence-corrected chi connectivity index (χ3v) is 4.97. The van der Waals surface area contributed by atoms with Crippen LogP contribution in [0.5, 0.6) is 0 Å². The molecule has 1 aliphatic rings. The van der Waals surface area contributed by atoms with Gasteiger partial charge in [-0.1, -0.05) is 0 Å². The van der Waals surface area contributed by atoms with Crippen LogP contribution in [0.25, 0.3) is 10.9 Å². The number of nitrogens with zero attached hydrogens (tertiary/aromatic N) is 6. The van der Waals surface area contributed by atoms with Crippen molar-refractivity contribution in [1.82, 2.24) is 25.3 Å². The quantitative estimate of drug-likeness (QED) is 0.701. The van der Waals surface area contributed by atoms with Gasteiger partial charge < -0.3 is 20.4 Å². The lowest BCUT2D eigenvalue weighted by Crippen LogP contribution is -2.17. The highest BCUT2D eigenvalue weighted by atomic mass is 15.1. The van der Waals surface area contributed by atoms with Crippen molar-refractivity contribution >= 4 is 34.0 Å². The highest BCUT2D eigenvalue weighted by Gasteiger charge is 2.22. The number of anilines is 4. The van der Waals surface area contributed by atoms with E-state index in [2.05, 4.69) is 20.6 Å². The zero-order valence-corrected chi connectivity index (χ0v) is 16.8. The Labute approximate surface area is 165 Å². The van der Waals surface area contributed by atoms with Gasteiger partial charge in [0.05, 0.1) is 23.6 Å². The van der Waals surface area contributed by atoms with Crippen LogP contribution >= 0.6 is 0 Å².